The fourth-order valence-corrected chi connectivity index (χ4v) is 2.22. The molecule has 0 saturated heterocycles. The summed E-state index contributed by atoms with van der Waals surface area (Å²) < 4.78 is 21.7. The molecule has 0 radical (unpaired) electrons. The zero-order valence-electron chi connectivity index (χ0n) is 6.16. The number of carbonyl (C=O) groups excluding carboxylic acids is 1. The molecule has 6 heteroatoms. The van der Waals surface area contributed by atoms with E-state index in [4.69, 9.17) is 11.6 Å². The van der Waals surface area contributed by atoms with Crippen molar-refractivity contribution >= 4 is 27.3 Å². The summed E-state index contributed by atoms with van der Waals surface area (Å²) in [5.41, 5.74) is 0. The minimum absolute atomic E-state index is 0.0599. The lowest BCUT2D eigenvalue weighted by atomic mass is 10.3. The Bertz CT molecular complexity index is 309. The van der Waals surface area contributed by atoms with Gasteiger partial charge in [0.15, 0.2) is 9.84 Å². The van der Waals surface area contributed by atoms with Crippen molar-refractivity contribution < 1.29 is 13.2 Å². The zero-order chi connectivity index (χ0) is 9.19. The van der Waals surface area contributed by atoms with Crippen LogP contribution in [0, 0.1) is 0 Å². The van der Waals surface area contributed by atoms with Crippen molar-refractivity contribution in [1.29, 1.82) is 0 Å². The van der Waals surface area contributed by atoms with E-state index in [9.17, 15) is 13.2 Å². The SMILES string of the molecule is O=C(CCl)N[C@@H]1C=CS(=O)(=O)C1. The third-order valence-electron chi connectivity index (χ3n) is 1.40. The maximum atomic E-state index is 10.8. The topological polar surface area (TPSA) is 63.2 Å². The van der Waals surface area contributed by atoms with Crippen LogP contribution in [0.15, 0.2) is 11.5 Å². The molecular formula is C6H8ClNO3S. The van der Waals surface area contributed by atoms with E-state index in [0.717, 1.165) is 5.41 Å². The molecule has 1 atom stereocenters. The van der Waals surface area contributed by atoms with Crippen LogP contribution in [-0.4, -0.2) is 32.0 Å². The second-order valence-corrected chi connectivity index (χ2v) is 4.66. The van der Waals surface area contributed by atoms with Gasteiger partial charge in [0, 0.05) is 5.41 Å². The molecule has 0 bridgehead atoms. The van der Waals surface area contributed by atoms with Gasteiger partial charge < -0.3 is 5.32 Å². The first-order chi connectivity index (χ1) is 5.53. The number of hydrogen-bond acceptors (Lipinski definition) is 3. The Balaban J connectivity index is 2.51. The third kappa shape index (κ3) is 2.49. The van der Waals surface area contributed by atoms with Crippen molar-refractivity contribution in [2.24, 2.45) is 0 Å². The van der Waals surface area contributed by atoms with Crippen LogP contribution >= 0.6 is 11.6 Å². The maximum absolute atomic E-state index is 10.8. The number of alkyl halides is 1. The van der Waals surface area contributed by atoms with E-state index in [1.54, 1.807) is 0 Å². The number of hydrogen-bond donors (Lipinski definition) is 1. The van der Waals surface area contributed by atoms with Gasteiger partial charge in [-0.15, -0.1) is 11.6 Å². The maximum Gasteiger partial charge on any atom is 0.235 e. The third-order valence-corrected chi connectivity index (χ3v) is 3.04. The van der Waals surface area contributed by atoms with Gasteiger partial charge in [0.2, 0.25) is 5.91 Å². The van der Waals surface area contributed by atoms with E-state index in [-0.39, 0.29) is 17.5 Å². The summed E-state index contributed by atoms with van der Waals surface area (Å²) in [6.07, 6.45) is 1.44. The highest BCUT2D eigenvalue weighted by molar-refractivity contribution is 7.94. The predicted molar refractivity (Wildman–Crippen MR) is 45.6 cm³/mol. The number of sulfone groups is 1. The molecule has 12 heavy (non-hydrogen) atoms. The van der Waals surface area contributed by atoms with Crippen molar-refractivity contribution in [3.63, 3.8) is 0 Å². The minimum atomic E-state index is -3.09. The van der Waals surface area contributed by atoms with Gasteiger partial charge in [0.1, 0.15) is 5.88 Å². The summed E-state index contributed by atoms with van der Waals surface area (Å²) >= 11 is 5.22. The first-order valence-corrected chi connectivity index (χ1v) is 5.55. The smallest absolute Gasteiger partial charge is 0.235 e. The molecule has 1 N–H and O–H groups in total. The molecule has 0 aromatic heterocycles. The highest BCUT2D eigenvalue weighted by Gasteiger charge is 2.22. The monoisotopic (exact) mass is 209 g/mol. The molecule has 4 nitrogen and oxygen atoms in total. The summed E-state index contributed by atoms with van der Waals surface area (Å²) in [4.78, 5) is 10.7. The summed E-state index contributed by atoms with van der Waals surface area (Å²) in [6, 6.07) is -0.416. The molecule has 0 fully saturated rings. The van der Waals surface area contributed by atoms with Crippen molar-refractivity contribution in [2.45, 2.75) is 6.04 Å². The van der Waals surface area contributed by atoms with Crippen molar-refractivity contribution in [1.82, 2.24) is 5.32 Å². The van der Waals surface area contributed by atoms with E-state index in [1.165, 1.54) is 6.08 Å². The first kappa shape index (κ1) is 9.54. The second-order valence-electron chi connectivity index (χ2n) is 2.47. The predicted octanol–water partition coefficient (Wildman–Crippen LogP) is -0.348. The molecule has 68 valence electrons. The fraction of sp³-hybridized carbons (Fsp3) is 0.500. The summed E-state index contributed by atoms with van der Waals surface area (Å²) in [5, 5.41) is 3.55. The van der Waals surface area contributed by atoms with Gasteiger partial charge in [-0.25, -0.2) is 8.42 Å². The Labute approximate surface area is 75.5 Å². The molecule has 1 amide bonds. The standard InChI is InChI=1S/C6H8ClNO3S/c7-3-6(9)8-5-1-2-12(10,11)4-5/h1-2,5H,3-4H2,(H,8,9)/t5-/m1/s1. The Hall–Kier alpha value is -0.550. The molecule has 0 unspecified atom stereocenters. The molecule has 1 rings (SSSR count). The lowest BCUT2D eigenvalue weighted by Gasteiger charge is -2.06. The van der Waals surface area contributed by atoms with Gasteiger partial charge >= 0.3 is 0 Å². The lowest BCUT2D eigenvalue weighted by Crippen LogP contribution is -2.36. The lowest BCUT2D eigenvalue weighted by molar-refractivity contribution is -0.118. The molecule has 1 aliphatic heterocycles. The molecule has 1 aliphatic rings. The van der Waals surface area contributed by atoms with E-state index < -0.39 is 15.9 Å². The van der Waals surface area contributed by atoms with E-state index in [2.05, 4.69) is 5.32 Å². The Morgan fingerprint density at radius 3 is 2.75 bits per heavy atom. The van der Waals surface area contributed by atoms with Gasteiger partial charge in [-0.3, -0.25) is 4.79 Å². The summed E-state index contributed by atoms with van der Waals surface area (Å²) in [7, 11) is -3.09. The van der Waals surface area contributed by atoms with Crippen LogP contribution in [0.1, 0.15) is 0 Å². The van der Waals surface area contributed by atoms with Gasteiger partial charge in [-0.2, -0.15) is 0 Å². The zero-order valence-corrected chi connectivity index (χ0v) is 7.73. The van der Waals surface area contributed by atoms with Crippen LogP contribution in [-0.2, 0) is 14.6 Å². The van der Waals surface area contributed by atoms with Crippen molar-refractivity contribution in [3.8, 4) is 0 Å². The van der Waals surface area contributed by atoms with Crippen LogP contribution in [0.3, 0.4) is 0 Å². The average molecular weight is 210 g/mol. The van der Waals surface area contributed by atoms with Crippen LogP contribution in [0.5, 0.6) is 0 Å². The fourth-order valence-electron chi connectivity index (χ4n) is 0.911. The van der Waals surface area contributed by atoms with Gasteiger partial charge in [-0.1, -0.05) is 0 Å². The number of rotatable bonds is 2. The normalized spacial score (nSPS) is 25.6. The van der Waals surface area contributed by atoms with Gasteiger partial charge in [-0.05, 0) is 6.08 Å². The highest BCUT2D eigenvalue weighted by Crippen LogP contribution is 2.07. The largest absolute Gasteiger partial charge is 0.348 e. The molecule has 0 saturated carbocycles. The number of nitrogens with one attached hydrogen (secondary N) is 1. The van der Waals surface area contributed by atoms with Crippen molar-refractivity contribution in [3.05, 3.63) is 11.5 Å². The number of halogens is 1. The average Bonchev–Trinajstić information content (AvgIpc) is 2.30. The van der Waals surface area contributed by atoms with Gasteiger partial charge in [0.25, 0.3) is 0 Å². The molecular weight excluding hydrogens is 202 g/mol. The Kier molecular flexibility index (Phi) is 2.74. The minimum Gasteiger partial charge on any atom is -0.348 e. The van der Waals surface area contributed by atoms with Gasteiger partial charge in [0.05, 0.1) is 11.8 Å². The molecule has 0 aliphatic carbocycles. The van der Waals surface area contributed by atoms with E-state index in [0.29, 0.717) is 0 Å². The van der Waals surface area contributed by atoms with Crippen LogP contribution in [0.25, 0.3) is 0 Å². The number of carbonyl (C=O) groups is 1. The van der Waals surface area contributed by atoms with E-state index in [1.807, 2.05) is 0 Å². The Morgan fingerprint density at radius 1 is 1.67 bits per heavy atom. The molecule has 0 aromatic carbocycles. The quantitative estimate of drug-likeness (QED) is 0.633. The summed E-state index contributed by atoms with van der Waals surface area (Å²) in [5.74, 6) is -0.566. The summed E-state index contributed by atoms with van der Waals surface area (Å²) in [6.45, 7) is 0. The van der Waals surface area contributed by atoms with E-state index >= 15 is 0 Å². The molecule has 0 spiro atoms. The van der Waals surface area contributed by atoms with Crippen LogP contribution in [0.4, 0.5) is 0 Å². The highest BCUT2D eigenvalue weighted by atomic mass is 35.5. The first-order valence-electron chi connectivity index (χ1n) is 3.30. The number of amides is 1. The van der Waals surface area contributed by atoms with Crippen LogP contribution in [0.2, 0.25) is 0 Å². The molecule has 0 aromatic rings. The second kappa shape index (κ2) is 3.45. The molecule has 1 heterocycles. The Morgan fingerprint density at radius 2 is 2.33 bits per heavy atom. The van der Waals surface area contributed by atoms with Crippen molar-refractivity contribution in [2.75, 3.05) is 11.6 Å². The van der Waals surface area contributed by atoms with Crippen LogP contribution < -0.4 is 5.32 Å².